The quantitative estimate of drug-likeness (QED) is 0.718. The van der Waals surface area contributed by atoms with Crippen molar-refractivity contribution in [2.24, 2.45) is 0 Å². The van der Waals surface area contributed by atoms with Crippen LogP contribution >= 0.6 is 0 Å². The molecule has 1 aromatic rings. The average Bonchev–Trinajstić information content (AvgIpc) is 2.46. The first kappa shape index (κ1) is 16.1. The average molecular weight is 280 g/mol. The van der Waals surface area contributed by atoms with E-state index in [9.17, 15) is 4.79 Å². The summed E-state index contributed by atoms with van der Waals surface area (Å²) < 4.78 is 10.4. The summed E-state index contributed by atoms with van der Waals surface area (Å²) in [5.74, 6) is 1.36. The zero-order valence-electron chi connectivity index (χ0n) is 12.7. The molecule has 2 N–H and O–H groups in total. The number of hydrogen-bond acceptors (Lipinski definition) is 4. The second kappa shape index (κ2) is 8.30. The van der Waals surface area contributed by atoms with E-state index in [4.69, 9.17) is 9.47 Å². The number of carbonyl (C=O) groups excluding carboxylic acids is 1. The molecule has 1 unspecified atom stereocenters. The van der Waals surface area contributed by atoms with Gasteiger partial charge in [-0.1, -0.05) is 13.3 Å². The van der Waals surface area contributed by atoms with Crippen molar-refractivity contribution in [2.75, 3.05) is 26.1 Å². The predicted molar refractivity (Wildman–Crippen MR) is 80.5 cm³/mol. The SMILES string of the molecule is CCCCNC(=O)C(C)Nc1cc(OC)cc(OC)c1. The van der Waals surface area contributed by atoms with Crippen LogP contribution in [0.2, 0.25) is 0 Å². The summed E-state index contributed by atoms with van der Waals surface area (Å²) in [4.78, 5) is 11.9. The molecule has 0 aromatic heterocycles. The first-order valence-electron chi connectivity index (χ1n) is 6.88. The van der Waals surface area contributed by atoms with E-state index in [1.165, 1.54) is 0 Å². The highest BCUT2D eigenvalue weighted by Crippen LogP contribution is 2.26. The van der Waals surface area contributed by atoms with E-state index in [1.807, 2.05) is 19.1 Å². The number of unbranched alkanes of at least 4 members (excludes halogenated alkanes) is 1. The van der Waals surface area contributed by atoms with Crippen LogP contribution in [-0.2, 0) is 4.79 Å². The van der Waals surface area contributed by atoms with Gasteiger partial charge in [0.15, 0.2) is 0 Å². The monoisotopic (exact) mass is 280 g/mol. The molecule has 0 bridgehead atoms. The van der Waals surface area contributed by atoms with Crippen LogP contribution in [0.1, 0.15) is 26.7 Å². The molecule has 1 aromatic carbocycles. The predicted octanol–water partition coefficient (Wildman–Crippen LogP) is 2.42. The van der Waals surface area contributed by atoms with E-state index in [-0.39, 0.29) is 11.9 Å². The molecule has 1 atom stereocenters. The van der Waals surface area contributed by atoms with E-state index in [2.05, 4.69) is 17.6 Å². The van der Waals surface area contributed by atoms with Crippen molar-refractivity contribution in [1.29, 1.82) is 0 Å². The van der Waals surface area contributed by atoms with Gasteiger partial charge in [-0.3, -0.25) is 4.79 Å². The summed E-state index contributed by atoms with van der Waals surface area (Å²) >= 11 is 0. The van der Waals surface area contributed by atoms with Crippen molar-refractivity contribution in [2.45, 2.75) is 32.7 Å². The Morgan fingerprint density at radius 3 is 2.30 bits per heavy atom. The van der Waals surface area contributed by atoms with Crippen LogP contribution in [0.25, 0.3) is 0 Å². The van der Waals surface area contributed by atoms with Gasteiger partial charge in [-0.15, -0.1) is 0 Å². The minimum Gasteiger partial charge on any atom is -0.497 e. The van der Waals surface area contributed by atoms with Crippen LogP contribution in [0.3, 0.4) is 0 Å². The second-order valence-corrected chi connectivity index (χ2v) is 4.61. The van der Waals surface area contributed by atoms with Crippen LogP contribution in [0.5, 0.6) is 11.5 Å². The Labute approximate surface area is 120 Å². The fourth-order valence-electron chi connectivity index (χ4n) is 1.75. The standard InChI is InChI=1S/C15H24N2O3/c1-5-6-7-16-15(18)11(2)17-12-8-13(19-3)10-14(9-12)20-4/h8-11,17H,5-7H2,1-4H3,(H,16,18). The van der Waals surface area contributed by atoms with Crippen LogP contribution in [-0.4, -0.2) is 32.7 Å². The van der Waals surface area contributed by atoms with Gasteiger partial charge in [-0.05, 0) is 13.3 Å². The molecule has 112 valence electrons. The van der Waals surface area contributed by atoms with Gasteiger partial charge in [-0.25, -0.2) is 0 Å². The molecule has 1 rings (SSSR count). The summed E-state index contributed by atoms with van der Waals surface area (Å²) in [6.07, 6.45) is 2.06. The largest absolute Gasteiger partial charge is 0.497 e. The Morgan fingerprint density at radius 1 is 1.20 bits per heavy atom. The number of methoxy groups -OCH3 is 2. The molecule has 0 aliphatic heterocycles. The number of ether oxygens (including phenoxy) is 2. The number of nitrogens with one attached hydrogen (secondary N) is 2. The van der Waals surface area contributed by atoms with Gasteiger partial charge in [0.25, 0.3) is 0 Å². The van der Waals surface area contributed by atoms with Gasteiger partial charge < -0.3 is 20.1 Å². The number of hydrogen-bond donors (Lipinski definition) is 2. The van der Waals surface area contributed by atoms with E-state index in [1.54, 1.807) is 20.3 Å². The summed E-state index contributed by atoms with van der Waals surface area (Å²) in [5, 5.41) is 6.04. The molecule has 1 amide bonds. The van der Waals surface area contributed by atoms with E-state index < -0.39 is 0 Å². The molecule has 0 saturated carbocycles. The van der Waals surface area contributed by atoms with Crippen molar-refractivity contribution in [3.63, 3.8) is 0 Å². The van der Waals surface area contributed by atoms with E-state index >= 15 is 0 Å². The zero-order chi connectivity index (χ0) is 15.0. The minimum atomic E-state index is -0.316. The van der Waals surface area contributed by atoms with Crippen molar-refractivity contribution in [1.82, 2.24) is 5.32 Å². The van der Waals surface area contributed by atoms with Gasteiger partial charge in [0.2, 0.25) is 5.91 Å². The Morgan fingerprint density at radius 2 is 1.80 bits per heavy atom. The highest BCUT2D eigenvalue weighted by molar-refractivity contribution is 5.84. The summed E-state index contributed by atoms with van der Waals surface area (Å²) in [7, 11) is 3.19. The summed E-state index contributed by atoms with van der Waals surface area (Å²) in [6.45, 7) is 4.63. The van der Waals surface area contributed by atoms with Crippen LogP contribution in [0.15, 0.2) is 18.2 Å². The van der Waals surface area contributed by atoms with Gasteiger partial charge in [-0.2, -0.15) is 0 Å². The third-order valence-corrected chi connectivity index (χ3v) is 2.96. The van der Waals surface area contributed by atoms with Gasteiger partial charge in [0.1, 0.15) is 17.5 Å². The van der Waals surface area contributed by atoms with Gasteiger partial charge in [0, 0.05) is 30.4 Å². The maximum Gasteiger partial charge on any atom is 0.242 e. The lowest BCUT2D eigenvalue weighted by Crippen LogP contribution is -2.37. The molecule has 0 heterocycles. The highest BCUT2D eigenvalue weighted by atomic mass is 16.5. The van der Waals surface area contributed by atoms with Crippen molar-refractivity contribution < 1.29 is 14.3 Å². The lowest BCUT2D eigenvalue weighted by atomic mass is 10.2. The third-order valence-electron chi connectivity index (χ3n) is 2.96. The molecule has 0 fully saturated rings. The number of rotatable bonds is 8. The molecular weight excluding hydrogens is 256 g/mol. The Hall–Kier alpha value is -1.91. The maximum absolute atomic E-state index is 11.9. The lowest BCUT2D eigenvalue weighted by molar-refractivity contribution is -0.121. The van der Waals surface area contributed by atoms with Crippen molar-refractivity contribution >= 4 is 11.6 Å². The topological polar surface area (TPSA) is 59.6 Å². The molecular formula is C15H24N2O3. The van der Waals surface area contributed by atoms with Gasteiger partial charge in [0.05, 0.1) is 14.2 Å². The zero-order valence-corrected chi connectivity index (χ0v) is 12.7. The van der Waals surface area contributed by atoms with Crippen molar-refractivity contribution in [3.8, 4) is 11.5 Å². The first-order valence-corrected chi connectivity index (χ1v) is 6.88. The maximum atomic E-state index is 11.9. The van der Waals surface area contributed by atoms with Crippen LogP contribution in [0, 0.1) is 0 Å². The molecule has 5 nitrogen and oxygen atoms in total. The molecule has 5 heteroatoms. The first-order chi connectivity index (χ1) is 9.60. The molecule has 0 aliphatic carbocycles. The van der Waals surface area contributed by atoms with E-state index in [0.717, 1.165) is 18.5 Å². The molecule has 0 radical (unpaired) electrons. The van der Waals surface area contributed by atoms with Crippen LogP contribution < -0.4 is 20.1 Å². The van der Waals surface area contributed by atoms with Crippen LogP contribution in [0.4, 0.5) is 5.69 Å². The lowest BCUT2D eigenvalue weighted by Gasteiger charge is -2.16. The minimum absolute atomic E-state index is 0.0137. The molecule has 0 saturated heterocycles. The van der Waals surface area contributed by atoms with E-state index in [0.29, 0.717) is 18.0 Å². The summed E-state index contributed by atoms with van der Waals surface area (Å²) in [5.41, 5.74) is 0.791. The smallest absolute Gasteiger partial charge is 0.242 e. The third kappa shape index (κ3) is 4.99. The second-order valence-electron chi connectivity index (χ2n) is 4.61. The normalized spacial score (nSPS) is 11.6. The molecule has 20 heavy (non-hydrogen) atoms. The highest BCUT2D eigenvalue weighted by Gasteiger charge is 2.12. The fraction of sp³-hybridized carbons (Fsp3) is 0.533. The number of amides is 1. The Balaban J connectivity index is 2.64. The number of carbonyl (C=O) groups is 1. The Bertz CT molecular complexity index is 413. The number of benzene rings is 1. The summed E-state index contributed by atoms with van der Waals surface area (Å²) in [6, 6.07) is 5.14. The van der Waals surface area contributed by atoms with Gasteiger partial charge >= 0.3 is 0 Å². The molecule has 0 aliphatic rings. The van der Waals surface area contributed by atoms with Crippen molar-refractivity contribution in [3.05, 3.63) is 18.2 Å². The fourth-order valence-corrected chi connectivity index (χ4v) is 1.75. The number of anilines is 1. The Kier molecular flexibility index (Phi) is 6.70. The molecule has 0 spiro atoms.